The average Bonchev–Trinajstić information content (AvgIpc) is 2.82. The molecule has 0 spiro atoms. The Morgan fingerprint density at radius 1 is 1.10 bits per heavy atom. The topological polar surface area (TPSA) is 63.7 Å². The molecule has 1 heterocycles. The van der Waals surface area contributed by atoms with Crippen molar-refractivity contribution >= 4 is 17.8 Å². The first kappa shape index (κ1) is 15.2. The molecule has 5 heteroatoms. The summed E-state index contributed by atoms with van der Waals surface area (Å²) < 4.78 is 0. The summed E-state index contributed by atoms with van der Waals surface area (Å²) >= 11 is 0. The molecule has 5 nitrogen and oxygen atoms in total. The van der Waals surface area contributed by atoms with Crippen LogP contribution < -0.4 is 0 Å². The molecule has 2 rings (SSSR count). The maximum absolute atomic E-state index is 12.6. The molecule has 0 N–H and O–H groups in total. The van der Waals surface area contributed by atoms with Gasteiger partial charge in [0, 0.05) is 12.8 Å². The van der Waals surface area contributed by atoms with Crippen LogP contribution in [-0.4, -0.2) is 22.8 Å². The molecule has 0 aromatic heterocycles. The second-order valence-electron chi connectivity index (χ2n) is 5.12. The van der Waals surface area contributed by atoms with Crippen molar-refractivity contribution in [1.29, 1.82) is 0 Å². The largest absolute Gasteiger partial charge is 0.343 e. The Bertz CT molecular complexity index is 533. The van der Waals surface area contributed by atoms with E-state index in [2.05, 4.69) is 0 Å². The SMILES string of the molecule is CCC(CC)(C(=O)ON1C(=O)CCC1=O)c1ccccc1. The quantitative estimate of drug-likeness (QED) is 0.781. The van der Waals surface area contributed by atoms with E-state index >= 15 is 0 Å². The summed E-state index contributed by atoms with van der Waals surface area (Å²) in [6, 6.07) is 9.31. The number of amides is 2. The van der Waals surface area contributed by atoms with Gasteiger partial charge >= 0.3 is 5.97 Å². The smallest absolute Gasteiger partial charge is 0.329 e. The van der Waals surface area contributed by atoms with Gasteiger partial charge in [-0.2, -0.15) is 0 Å². The van der Waals surface area contributed by atoms with Crippen LogP contribution in [0.2, 0.25) is 0 Å². The van der Waals surface area contributed by atoms with Gasteiger partial charge < -0.3 is 4.84 Å². The molecule has 21 heavy (non-hydrogen) atoms. The van der Waals surface area contributed by atoms with Crippen LogP contribution >= 0.6 is 0 Å². The van der Waals surface area contributed by atoms with Crippen LogP contribution in [0, 0.1) is 0 Å². The van der Waals surface area contributed by atoms with Gasteiger partial charge in [-0.3, -0.25) is 9.59 Å². The van der Waals surface area contributed by atoms with E-state index in [9.17, 15) is 14.4 Å². The Morgan fingerprint density at radius 3 is 2.10 bits per heavy atom. The number of nitrogens with zero attached hydrogens (tertiary/aromatic N) is 1. The van der Waals surface area contributed by atoms with Crippen molar-refractivity contribution in [1.82, 2.24) is 5.06 Å². The fraction of sp³-hybridized carbons (Fsp3) is 0.438. The molecule has 1 aromatic carbocycles. The first-order valence-electron chi connectivity index (χ1n) is 7.19. The summed E-state index contributed by atoms with van der Waals surface area (Å²) in [6.45, 7) is 3.79. The summed E-state index contributed by atoms with van der Waals surface area (Å²) in [5.41, 5.74) is -0.0104. The van der Waals surface area contributed by atoms with Gasteiger partial charge in [-0.1, -0.05) is 44.2 Å². The van der Waals surface area contributed by atoms with E-state index in [0.717, 1.165) is 5.56 Å². The fourth-order valence-corrected chi connectivity index (χ4v) is 2.65. The van der Waals surface area contributed by atoms with Crippen molar-refractivity contribution in [2.24, 2.45) is 0 Å². The predicted molar refractivity (Wildman–Crippen MR) is 75.9 cm³/mol. The van der Waals surface area contributed by atoms with Crippen LogP contribution in [0.1, 0.15) is 45.1 Å². The summed E-state index contributed by atoms with van der Waals surface area (Å²) in [5.74, 6) is -1.47. The molecule has 0 bridgehead atoms. The Hall–Kier alpha value is -2.17. The number of hydrogen-bond donors (Lipinski definition) is 0. The Labute approximate surface area is 123 Å². The lowest BCUT2D eigenvalue weighted by atomic mass is 9.76. The monoisotopic (exact) mass is 289 g/mol. The summed E-state index contributed by atoms with van der Waals surface area (Å²) in [7, 11) is 0. The number of carbonyl (C=O) groups excluding carboxylic acids is 3. The molecule has 1 aliphatic heterocycles. The zero-order valence-electron chi connectivity index (χ0n) is 12.3. The lowest BCUT2D eigenvalue weighted by Crippen LogP contribution is -2.42. The van der Waals surface area contributed by atoms with Gasteiger partial charge in [0.15, 0.2) is 0 Å². The molecule has 0 atom stereocenters. The molecule has 0 saturated carbocycles. The van der Waals surface area contributed by atoms with Crippen molar-refractivity contribution in [2.75, 3.05) is 0 Å². The third kappa shape index (κ3) is 2.68. The van der Waals surface area contributed by atoms with Gasteiger partial charge in [0.2, 0.25) is 0 Å². The van der Waals surface area contributed by atoms with E-state index in [1.165, 1.54) is 0 Å². The lowest BCUT2D eigenvalue weighted by Gasteiger charge is -2.30. The average molecular weight is 289 g/mol. The Morgan fingerprint density at radius 2 is 1.62 bits per heavy atom. The maximum Gasteiger partial charge on any atom is 0.343 e. The number of carbonyl (C=O) groups is 3. The molecule has 1 saturated heterocycles. The summed E-state index contributed by atoms with van der Waals surface area (Å²) in [4.78, 5) is 40.9. The van der Waals surface area contributed by atoms with E-state index in [-0.39, 0.29) is 12.8 Å². The minimum Gasteiger partial charge on any atom is -0.329 e. The highest BCUT2D eigenvalue weighted by Gasteiger charge is 2.42. The number of hydroxylamine groups is 2. The van der Waals surface area contributed by atoms with Crippen molar-refractivity contribution in [3.63, 3.8) is 0 Å². The molecular weight excluding hydrogens is 270 g/mol. The molecule has 1 aliphatic rings. The third-order valence-electron chi connectivity index (χ3n) is 4.10. The first-order chi connectivity index (χ1) is 10.0. The molecule has 2 amide bonds. The minimum absolute atomic E-state index is 0.0999. The van der Waals surface area contributed by atoms with Crippen LogP contribution in [0.15, 0.2) is 30.3 Å². The zero-order chi connectivity index (χ0) is 15.5. The number of rotatable bonds is 5. The highest BCUT2D eigenvalue weighted by Crippen LogP contribution is 2.33. The van der Waals surface area contributed by atoms with Crippen molar-refractivity contribution in [3.8, 4) is 0 Å². The molecule has 0 radical (unpaired) electrons. The highest BCUT2D eigenvalue weighted by atomic mass is 16.7. The molecule has 0 unspecified atom stereocenters. The van der Waals surface area contributed by atoms with Crippen LogP contribution in [0.5, 0.6) is 0 Å². The van der Waals surface area contributed by atoms with E-state index in [1.54, 1.807) is 0 Å². The minimum atomic E-state index is -0.843. The summed E-state index contributed by atoms with van der Waals surface area (Å²) in [6.07, 6.45) is 1.26. The van der Waals surface area contributed by atoms with Gasteiger partial charge in [-0.25, -0.2) is 4.79 Å². The second-order valence-corrected chi connectivity index (χ2v) is 5.12. The van der Waals surface area contributed by atoms with Gasteiger partial charge in [0.1, 0.15) is 0 Å². The second kappa shape index (κ2) is 6.08. The van der Waals surface area contributed by atoms with Crippen LogP contribution in [0.25, 0.3) is 0 Å². The highest BCUT2D eigenvalue weighted by molar-refractivity contribution is 6.02. The van der Waals surface area contributed by atoms with E-state index in [1.807, 2.05) is 44.2 Å². The van der Waals surface area contributed by atoms with Crippen molar-refractivity contribution in [3.05, 3.63) is 35.9 Å². The van der Waals surface area contributed by atoms with E-state index in [0.29, 0.717) is 17.9 Å². The standard InChI is InChI=1S/C16H19NO4/c1-3-16(4-2,12-8-6-5-7-9-12)15(20)21-17-13(18)10-11-14(17)19/h5-9H,3-4,10-11H2,1-2H3. The molecule has 112 valence electrons. The van der Waals surface area contributed by atoms with Crippen LogP contribution in [-0.2, 0) is 24.6 Å². The maximum atomic E-state index is 12.6. The normalized spacial score (nSPS) is 15.4. The van der Waals surface area contributed by atoms with Crippen LogP contribution in [0.3, 0.4) is 0 Å². The third-order valence-corrected chi connectivity index (χ3v) is 4.10. The number of imide groups is 1. The number of benzene rings is 1. The van der Waals surface area contributed by atoms with E-state index in [4.69, 9.17) is 4.84 Å². The molecule has 1 aromatic rings. The Kier molecular flexibility index (Phi) is 4.40. The predicted octanol–water partition coefficient (Wildman–Crippen LogP) is 2.35. The van der Waals surface area contributed by atoms with Crippen molar-refractivity contribution < 1.29 is 19.2 Å². The summed E-state index contributed by atoms with van der Waals surface area (Å²) in [5, 5.41) is 0.616. The van der Waals surface area contributed by atoms with Crippen molar-refractivity contribution in [2.45, 2.75) is 44.9 Å². The molecular formula is C16H19NO4. The first-order valence-corrected chi connectivity index (χ1v) is 7.19. The molecule has 0 aliphatic carbocycles. The van der Waals surface area contributed by atoms with Gasteiger partial charge in [-0.05, 0) is 18.4 Å². The van der Waals surface area contributed by atoms with Gasteiger partial charge in [0.25, 0.3) is 11.8 Å². The van der Waals surface area contributed by atoms with Crippen LogP contribution in [0.4, 0.5) is 0 Å². The Balaban J connectivity index is 2.28. The number of hydrogen-bond acceptors (Lipinski definition) is 4. The fourth-order valence-electron chi connectivity index (χ4n) is 2.65. The molecule has 1 fully saturated rings. The lowest BCUT2D eigenvalue weighted by molar-refractivity contribution is -0.202. The van der Waals surface area contributed by atoms with E-state index < -0.39 is 23.2 Å². The van der Waals surface area contributed by atoms with Gasteiger partial charge in [-0.15, -0.1) is 5.06 Å². The van der Waals surface area contributed by atoms with Gasteiger partial charge in [0.05, 0.1) is 5.41 Å². The zero-order valence-corrected chi connectivity index (χ0v) is 12.3.